The molecule has 1 heterocycles. The molecule has 0 saturated heterocycles. The molecule has 0 radical (unpaired) electrons. The molecule has 0 unspecified atom stereocenters. The maximum absolute atomic E-state index is 13.9. The summed E-state index contributed by atoms with van der Waals surface area (Å²) in [5.41, 5.74) is -0.643. The van der Waals surface area contributed by atoms with Crippen LogP contribution in [0.25, 0.3) is 0 Å². The van der Waals surface area contributed by atoms with E-state index < -0.39 is 29.9 Å². The largest absolute Gasteiger partial charge is 0.489 e. The second kappa shape index (κ2) is 9.75. The number of nitrogens with one attached hydrogen (secondary N) is 1. The van der Waals surface area contributed by atoms with E-state index in [0.29, 0.717) is 11.8 Å². The van der Waals surface area contributed by atoms with Crippen LogP contribution in [0.5, 0.6) is 5.75 Å². The summed E-state index contributed by atoms with van der Waals surface area (Å²) in [6.45, 7) is -0.168. The normalized spacial score (nSPS) is 11.8. The molecule has 4 nitrogen and oxygen atoms in total. The average Bonchev–Trinajstić information content (AvgIpc) is 2.59. The van der Waals surface area contributed by atoms with E-state index in [0.717, 1.165) is 18.5 Å². The molecule has 0 aliphatic carbocycles. The molecular formula is C15H11Cl2F6N3OS. The van der Waals surface area contributed by atoms with E-state index in [1.807, 2.05) is 0 Å². The third-order valence-corrected chi connectivity index (χ3v) is 4.97. The van der Waals surface area contributed by atoms with Gasteiger partial charge in [-0.2, -0.15) is 13.2 Å². The third kappa shape index (κ3) is 6.49. The van der Waals surface area contributed by atoms with Crippen molar-refractivity contribution >= 4 is 40.8 Å². The van der Waals surface area contributed by atoms with Gasteiger partial charge in [0.05, 0.1) is 17.3 Å². The Balaban J connectivity index is 1.97. The van der Waals surface area contributed by atoms with Gasteiger partial charge < -0.3 is 10.1 Å². The fraction of sp³-hybridized carbons (Fsp3) is 0.333. The molecule has 28 heavy (non-hydrogen) atoms. The van der Waals surface area contributed by atoms with E-state index >= 15 is 0 Å². The average molecular weight is 466 g/mol. The van der Waals surface area contributed by atoms with Crippen LogP contribution in [0.2, 0.25) is 10.0 Å². The smallest absolute Gasteiger partial charge is 0.398 e. The second-order valence-electron chi connectivity index (χ2n) is 5.11. The summed E-state index contributed by atoms with van der Waals surface area (Å²) < 4.78 is 81.5. The van der Waals surface area contributed by atoms with E-state index in [2.05, 4.69) is 15.3 Å². The van der Waals surface area contributed by atoms with Crippen molar-refractivity contribution in [3.05, 3.63) is 40.0 Å². The highest BCUT2D eigenvalue weighted by molar-refractivity contribution is 7.99. The van der Waals surface area contributed by atoms with Crippen LogP contribution in [0.3, 0.4) is 0 Å². The monoisotopic (exact) mass is 465 g/mol. The van der Waals surface area contributed by atoms with E-state index in [1.165, 1.54) is 0 Å². The van der Waals surface area contributed by atoms with Crippen LogP contribution in [0.15, 0.2) is 23.4 Å². The van der Waals surface area contributed by atoms with Gasteiger partial charge in [0, 0.05) is 4.90 Å². The number of nitrogens with zero attached hydrogens (tertiary/aromatic N) is 2. The highest BCUT2D eigenvalue weighted by atomic mass is 35.5. The Kier molecular flexibility index (Phi) is 7.90. The number of thioether (sulfide) groups is 1. The van der Waals surface area contributed by atoms with Gasteiger partial charge in [0.25, 0.3) is 6.43 Å². The van der Waals surface area contributed by atoms with E-state index in [9.17, 15) is 26.3 Å². The quantitative estimate of drug-likeness (QED) is 0.294. The van der Waals surface area contributed by atoms with Crippen molar-refractivity contribution < 1.29 is 31.1 Å². The molecule has 154 valence electrons. The lowest BCUT2D eigenvalue weighted by Crippen LogP contribution is -2.14. The molecule has 0 amide bonds. The number of ether oxygens (including phenoxy) is 1. The molecule has 13 heteroatoms. The van der Waals surface area contributed by atoms with Gasteiger partial charge in [-0.25, -0.2) is 23.1 Å². The van der Waals surface area contributed by atoms with Gasteiger partial charge in [0.15, 0.2) is 11.6 Å². The minimum Gasteiger partial charge on any atom is -0.489 e. The maximum atomic E-state index is 13.9. The lowest BCUT2D eigenvalue weighted by molar-refractivity contribution is -0.105. The number of halogens is 8. The summed E-state index contributed by atoms with van der Waals surface area (Å²) in [5, 5.41) is 2.09. The predicted molar refractivity (Wildman–Crippen MR) is 94.2 cm³/mol. The summed E-state index contributed by atoms with van der Waals surface area (Å²) in [5.74, 6) is -2.43. The lowest BCUT2D eigenvalue weighted by atomic mass is 10.3. The number of aromatic nitrogens is 2. The first kappa shape index (κ1) is 22.7. The summed E-state index contributed by atoms with van der Waals surface area (Å²) >= 11 is 11.9. The van der Waals surface area contributed by atoms with E-state index in [4.69, 9.17) is 27.9 Å². The van der Waals surface area contributed by atoms with Crippen LogP contribution in [-0.2, 0) is 0 Å². The highest BCUT2D eigenvalue weighted by Gasteiger charge is 2.28. The van der Waals surface area contributed by atoms with Crippen molar-refractivity contribution in [3.8, 4) is 5.75 Å². The fourth-order valence-electron chi connectivity index (χ4n) is 1.88. The maximum Gasteiger partial charge on any atom is 0.398 e. The number of hydrogen-bond acceptors (Lipinski definition) is 5. The first-order valence-corrected chi connectivity index (χ1v) is 9.16. The minimum atomic E-state index is -4.42. The Morgan fingerprint density at radius 1 is 1.18 bits per heavy atom. The van der Waals surface area contributed by atoms with Gasteiger partial charge in [-0.05, 0) is 12.1 Å². The Morgan fingerprint density at radius 2 is 1.89 bits per heavy atom. The molecule has 0 aliphatic rings. The Hall–Kier alpha value is -1.59. The minimum absolute atomic E-state index is 0.00349. The number of alkyl halides is 5. The van der Waals surface area contributed by atoms with Crippen molar-refractivity contribution in [1.82, 2.24) is 9.97 Å². The summed E-state index contributed by atoms with van der Waals surface area (Å²) in [7, 11) is 0. The standard InChI is InChI=1S/C15H11Cl2F6N3OS/c16-7-3-8(18)9(4-10(7)28-5-15(21,22)23)27-2-1-24-14-11(17)12(13(19)20)25-6-26-14/h3-4,6,13H,1-2,5H2,(H,24,25,26). The topological polar surface area (TPSA) is 47.0 Å². The van der Waals surface area contributed by atoms with Gasteiger partial charge >= 0.3 is 6.18 Å². The molecular weight excluding hydrogens is 455 g/mol. The summed E-state index contributed by atoms with van der Waals surface area (Å²) in [6, 6.07) is 1.90. The van der Waals surface area contributed by atoms with Gasteiger partial charge in [-0.3, -0.25) is 0 Å². The van der Waals surface area contributed by atoms with Crippen LogP contribution in [-0.4, -0.2) is 35.0 Å². The molecule has 0 atom stereocenters. The summed E-state index contributed by atoms with van der Waals surface area (Å²) in [4.78, 5) is 7.09. The predicted octanol–water partition coefficient (Wildman–Crippen LogP) is 6.01. The van der Waals surface area contributed by atoms with Crippen molar-refractivity contribution in [1.29, 1.82) is 0 Å². The van der Waals surface area contributed by atoms with Crippen LogP contribution >= 0.6 is 35.0 Å². The van der Waals surface area contributed by atoms with Crippen molar-refractivity contribution in [2.75, 3.05) is 24.2 Å². The van der Waals surface area contributed by atoms with Gasteiger partial charge in [0.1, 0.15) is 29.5 Å². The Bertz CT molecular complexity index is 825. The lowest BCUT2D eigenvalue weighted by Gasteiger charge is -2.13. The fourth-order valence-corrected chi connectivity index (χ4v) is 3.15. The molecule has 0 bridgehead atoms. The van der Waals surface area contributed by atoms with Crippen molar-refractivity contribution in [3.63, 3.8) is 0 Å². The first-order chi connectivity index (χ1) is 13.1. The van der Waals surface area contributed by atoms with Crippen LogP contribution < -0.4 is 10.1 Å². The molecule has 1 N–H and O–H groups in total. The van der Waals surface area contributed by atoms with Gasteiger partial charge in [-0.15, -0.1) is 11.8 Å². The van der Waals surface area contributed by atoms with E-state index in [-0.39, 0.29) is 39.7 Å². The highest BCUT2D eigenvalue weighted by Crippen LogP contribution is 2.36. The molecule has 0 aliphatic heterocycles. The van der Waals surface area contributed by atoms with Crippen LogP contribution in [0.4, 0.5) is 32.2 Å². The molecule has 0 fully saturated rings. The first-order valence-electron chi connectivity index (χ1n) is 7.42. The Morgan fingerprint density at radius 3 is 2.54 bits per heavy atom. The molecule has 1 aromatic heterocycles. The molecule has 2 aromatic rings. The SMILES string of the molecule is Fc1cc(Cl)c(SCC(F)(F)F)cc1OCCNc1ncnc(C(F)F)c1Cl. The summed E-state index contributed by atoms with van der Waals surface area (Å²) in [6.07, 6.45) is -6.40. The third-order valence-electron chi connectivity index (χ3n) is 3.05. The number of benzene rings is 1. The van der Waals surface area contributed by atoms with Crippen LogP contribution in [0, 0.1) is 5.82 Å². The zero-order valence-electron chi connectivity index (χ0n) is 13.7. The zero-order valence-corrected chi connectivity index (χ0v) is 16.0. The number of hydrogen-bond donors (Lipinski definition) is 1. The number of anilines is 1. The molecule has 1 aromatic carbocycles. The molecule has 0 spiro atoms. The van der Waals surface area contributed by atoms with Gasteiger partial charge in [-0.1, -0.05) is 23.2 Å². The van der Waals surface area contributed by atoms with Gasteiger partial charge in [0.2, 0.25) is 0 Å². The van der Waals surface area contributed by atoms with E-state index in [1.54, 1.807) is 0 Å². The van der Waals surface area contributed by atoms with Crippen molar-refractivity contribution in [2.24, 2.45) is 0 Å². The second-order valence-corrected chi connectivity index (χ2v) is 6.92. The molecule has 0 saturated carbocycles. The molecule has 2 rings (SSSR count). The Labute approximate surface area is 169 Å². The van der Waals surface area contributed by atoms with Crippen LogP contribution in [0.1, 0.15) is 12.1 Å². The van der Waals surface area contributed by atoms with Crippen molar-refractivity contribution in [2.45, 2.75) is 17.5 Å². The number of rotatable bonds is 8. The zero-order chi connectivity index (χ0) is 20.9.